The van der Waals surface area contributed by atoms with Crippen molar-refractivity contribution in [3.05, 3.63) is 39.4 Å². The third-order valence-electron chi connectivity index (χ3n) is 3.15. The van der Waals surface area contributed by atoms with Crippen molar-refractivity contribution in [3.63, 3.8) is 0 Å². The van der Waals surface area contributed by atoms with E-state index in [1.54, 1.807) is 12.1 Å². The predicted molar refractivity (Wildman–Crippen MR) is 98.9 cm³/mol. The van der Waals surface area contributed by atoms with Gasteiger partial charge in [0.15, 0.2) is 5.11 Å². The van der Waals surface area contributed by atoms with E-state index in [0.717, 1.165) is 16.9 Å². The first-order chi connectivity index (χ1) is 11.0. The average molecular weight is 370 g/mol. The van der Waals surface area contributed by atoms with Crippen LogP contribution >= 0.6 is 35.2 Å². The minimum atomic E-state index is -0.374. The largest absolute Gasteiger partial charge is 0.465 e. The lowest BCUT2D eigenvalue weighted by atomic mass is 10.1. The maximum absolute atomic E-state index is 12.1. The Morgan fingerprint density at radius 2 is 2.17 bits per heavy atom. The number of pyridine rings is 1. The first-order valence-corrected chi connectivity index (χ1v) is 8.46. The van der Waals surface area contributed by atoms with Crippen molar-refractivity contribution < 1.29 is 9.53 Å². The molecule has 0 saturated carbocycles. The molecule has 0 bridgehead atoms. The van der Waals surface area contributed by atoms with Crippen molar-refractivity contribution in [1.29, 1.82) is 0 Å². The summed E-state index contributed by atoms with van der Waals surface area (Å²) in [5.74, 6) is 0.191. The fraction of sp³-hybridized carbons (Fsp3) is 0.267. The second kappa shape index (κ2) is 7.72. The molecule has 0 atom stereocenters. The number of carbonyl (C=O) groups is 1. The molecule has 2 aromatic rings. The quantitative estimate of drug-likeness (QED) is 0.620. The fourth-order valence-electron chi connectivity index (χ4n) is 2.11. The molecule has 8 heteroatoms. The smallest absolute Gasteiger partial charge is 0.341 e. The lowest BCUT2D eigenvalue weighted by Gasteiger charge is -2.10. The van der Waals surface area contributed by atoms with Gasteiger partial charge in [0, 0.05) is 11.1 Å². The zero-order valence-corrected chi connectivity index (χ0v) is 15.3. The Bertz CT molecular complexity index is 729. The van der Waals surface area contributed by atoms with Crippen LogP contribution in [0.3, 0.4) is 0 Å². The summed E-state index contributed by atoms with van der Waals surface area (Å²) >= 11 is 12.5. The Kier molecular flexibility index (Phi) is 5.92. The minimum absolute atomic E-state index is 0.342. The summed E-state index contributed by atoms with van der Waals surface area (Å²) in [6.45, 7) is 3.97. The first kappa shape index (κ1) is 17.7. The van der Waals surface area contributed by atoms with Crippen LogP contribution in [0.25, 0.3) is 0 Å². The highest BCUT2D eigenvalue weighted by Crippen LogP contribution is 2.34. The van der Waals surface area contributed by atoms with Crippen LogP contribution in [0.4, 0.5) is 10.8 Å². The number of hydrogen-bond donors (Lipinski definition) is 2. The first-order valence-electron chi connectivity index (χ1n) is 6.86. The maximum Gasteiger partial charge on any atom is 0.341 e. The van der Waals surface area contributed by atoms with Crippen molar-refractivity contribution in [3.8, 4) is 0 Å². The number of thiocarbonyl (C=S) groups is 1. The van der Waals surface area contributed by atoms with E-state index in [0.29, 0.717) is 26.5 Å². The number of aryl methyl sites for hydroxylation is 1. The molecule has 0 aromatic carbocycles. The SMILES string of the molecule is CCc1c(C)sc(NC(=S)Nc2ccc(Cl)cn2)c1C(=O)OC. The van der Waals surface area contributed by atoms with Gasteiger partial charge in [0.1, 0.15) is 10.8 Å². The van der Waals surface area contributed by atoms with Crippen LogP contribution in [-0.4, -0.2) is 23.2 Å². The number of anilines is 2. The number of carbonyl (C=O) groups excluding carboxylic acids is 1. The average Bonchev–Trinajstić information content (AvgIpc) is 2.83. The van der Waals surface area contributed by atoms with Gasteiger partial charge in [-0.15, -0.1) is 11.3 Å². The molecule has 2 rings (SSSR count). The van der Waals surface area contributed by atoms with Gasteiger partial charge in [0.2, 0.25) is 0 Å². The molecule has 0 aliphatic rings. The van der Waals surface area contributed by atoms with Gasteiger partial charge >= 0.3 is 5.97 Å². The van der Waals surface area contributed by atoms with Gasteiger partial charge in [0.05, 0.1) is 17.7 Å². The molecule has 23 heavy (non-hydrogen) atoms. The van der Waals surface area contributed by atoms with E-state index < -0.39 is 0 Å². The molecule has 5 nitrogen and oxygen atoms in total. The number of ether oxygens (including phenoxy) is 1. The van der Waals surface area contributed by atoms with E-state index in [2.05, 4.69) is 15.6 Å². The van der Waals surface area contributed by atoms with Gasteiger partial charge < -0.3 is 15.4 Å². The minimum Gasteiger partial charge on any atom is -0.465 e. The van der Waals surface area contributed by atoms with Crippen molar-refractivity contribution in [2.45, 2.75) is 20.3 Å². The lowest BCUT2D eigenvalue weighted by molar-refractivity contribution is 0.0601. The van der Waals surface area contributed by atoms with Crippen LogP contribution in [0.5, 0.6) is 0 Å². The summed E-state index contributed by atoms with van der Waals surface area (Å²) in [6, 6.07) is 3.43. The normalized spacial score (nSPS) is 10.3. The van der Waals surface area contributed by atoms with E-state index in [1.807, 2.05) is 13.8 Å². The number of nitrogens with zero attached hydrogens (tertiary/aromatic N) is 1. The Morgan fingerprint density at radius 1 is 1.43 bits per heavy atom. The molecule has 2 heterocycles. The number of hydrogen-bond acceptors (Lipinski definition) is 5. The zero-order valence-electron chi connectivity index (χ0n) is 12.9. The summed E-state index contributed by atoms with van der Waals surface area (Å²) in [6.07, 6.45) is 2.27. The second-order valence-electron chi connectivity index (χ2n) is 4.63. The van der Waals surface area contributed by atoms with Crippen LogP contribution in [0, 0.1) is 6.92 Å². The van der Waals surface area contributed by atoms with Crippen LogP contribution in [-0.2, 0) is 11.2 Å². The van der Waals surface area contributed by atoms with Gasteiger partial charge in [-0.2, -0.15) is 0 Å². The van der Waals surface area contributed by atoms with Crippen molar-refractivity contribution >= 4 is 57.1 Å². The van der Waals surface area contributed by atoms with Crippen LogP contribution in [0.2, 0.25) is 5.02 Å². The highest BCUT2D eigenvalue weighted by atomic mass is 35.5. The van der Waals surface area contributed by atoms with Crippen molar-refractivity contribution in [1.82, 2.24) is 4.98 Å². The summed E-state index contributed by atoms with van der Waals surface area (Å²) in [5.41, 5.74) is 1.50. The number of methoxy groups -OCH3 is 1. The Hall–Kier alpha value is -1.70. The predicted octanol–water partition coefficient (Wildman–Crippen LogP) is 4.26. The number of halogens is 1. The molecular weight excluding hydrogens is 354 g/mol. The Balaban J connectivity index is 2.20. The summed E-state index contributed by atoms with van der Waals surface area (Å²) < 4.78 is 4.88. The van der Waals surface area contributed by atoms with Crippen LogP contribution in [0.15, 0.2) is 18.3 Å². The summed E-state index contributed by atoms with van der Waals surface area (Å²) in [4.78, 5) is 17.2. The van der Waals surface area contributed by atoms with E-state index in [4.69, 9.17) is 28.6 Å². The van der Waals surface area contributed by atoms with Crippen LogP contribution < -0.4 is 10.6 Å². The van der Waals surface area contributed by atoms with Crippen LogP contribution in [0.1, 0.15) is 27.7 Å². The third kappa shape index (κ3) is 4.19. The monoisotopic (exact) mass is 369 g/mol. The molecule has 0 fully saturated rings. The fourth-order valence-corrected chi connectivity index (χ4v) is 3.63. The molecule has 0 spiro atoms. The topological polar surface area (TPSA) is 63.2 Å². The van der Waals surface area contributed by atoms with Crippen molar-refractivity contribution in [2.75, 3.05) is 17.7 Å². The molecule has 0 saturated heterocycles. The number of esters is 1. The van der Waals surface area contributed by atoms with Gasteiger partial charge in [-0.05, 0) is 43.3 Å². The number of rotatable bonds is 4. The highest BCUT2D eigenvalue weighted by molar-refractivity contribution is 7.80. The van der Waals surface area contributed by atoms with E-state index >= 15 is 0 Å². The molecule has 0 amide bonds. The molecule has 0 aliphatic heterocycles. The second-order valence-corrected chi connectivity index (χ2v) is 6.70. The summed E-state index contributed by atoms with van der Waals surface area (Å²) in [5, 5.41) is 7.55. The highest BCUT2D eigenvalue weighted by Gasteiger charge is 2.22. The van der Waals surface area contributed by atoms with Gasteiger partial charge in [-0.25, -0.2) is 9.78 Å². The standard InChI is InChI=1S/C15H16ClN3O2S2/c1-4-10-8(2)23-13(12(10)14(20)21-3)19-15(22)18-11-6-5-9(16)7-17-11/h5-7H,4H2,1-3H3,(H2,17,18,19,22). The van der Waals surface area contributed by atoms with E-state index in [1.165, 1.54) is 24.6 Å². The zero-order chi connectivity index (χ0) is 17.0. The van der Waals surface area contributed by atoms with E-state index in [9.17, 15) is 4.79 Å². The molecule has 2 aromatic heterocycles. The third-order valence-corrected chi connectivity index (χ3v) is 4.64. The molecule has 0 unspecified atom stereocenters. The molecule has 122 valence electrons. The number of nitrogens with one attached hydrogen (secondary N) is 2. The molecule has 0 radical (unpaired) electrons. The summed E-state index contributed by atoms with van der Waals surface area (Å²) in [7, 11) is 1.37. The van der Waals surface area contributed by atoms with Gasteiger partial charge in [-0.3, -0.25) is 0 Å². The maximum atomic E-state index is 12.1. The molecular formula is C15H16ClN3O2S2. The van der Waals surface area contributed by atoms with Gasteiger partial charge in [-0.1, -0.05) is 18.5 Å². The lowest BCUT2D eigenvalue weighted by Crippen LogP contribution is -2.20. The Morgan fingerprint density at radius 3 is 2.74 bits per heavy atom. The number of aromatic nitrogens is 1. The molecule has 2 N–H and O–H groups in total. The van der Waals surface area contributed by atoms with E-state index in [-0.39, 0.29) is 5.97 Å². The molecule has 0 aliphatic carbocycles. The van der Waals surface area contributed by atoms with Gasteiger partial charge in [0.25, 0.3) is 0 Å². The number of thiophene rings is 1. The van der Waals surface area contributed by atoms with Crippen molar-refractivity contribution in [2.24, 2.45) is 0 Å². The Labute approximate surface area is 149 Å².